The smallest absolute Gasteiger partial charge is 0.0621 e. The zero-order valence-corrected chi connectivity index (χ0v) is 12.8. The van der Waals surface area contributed by atoms with Gasteiger partial charge in [-0.25, -0.2) is 0 Å². The van der Waals surface area contributed by atoms with E-state index in [-0.39, 0.29) is 0 Å². The van der Waals surface area contributed by atoms with Crippen molar-refractivity contribution in [2.75, 3.05) is 26.2 Å². The molecule has 0 heterocycles. The monoisotopic (exact) mass is 273 g/mol. The zero-order valence-electron chi connectivity index (χ0n) is 12.8. The average molecular weight is 273 g/mol. The van der Waals surface area contributed by atoms with Crippen molar-refractivity contribution in [3.05, 3.63) is 35.9 Å². The van der Waals surface area contributed by atoms with Crippen LogP contribution in [0.15, 0.2) is 30.3 Å². The lowest BCUT2D eigenvalue weighted by atomic mass is 10.0. The van der Waals surface area contributed by atoms with Gasteiger partial charge in [-0.05, 0) is 38.0 Å². The predicted molar refractivity (Wildman–Crippen MR) is 84.4 cm³/mol. The van der Waals surface area contributed by atoms with Crippen LogP contribution in [0.5, 0.6) is 0 Å². The molecule has 0 amide bonds. The second kappa shape index (κ2) is 10.4. The van der Waals surface area contributed by atoms with Crippen molar-refractivity contribution < 1.29 is 0 Å². The van der Waals surface area contributed by atoms with E-state index < -0.39 is 0 Å². The summed E-state index contributed by atoms with van der Waals surface area (Å²) in [5.74, 6) is 0. The van der Waals surface area contributed by atoms with Crippen molar-refractivity contribution in [1.82, 2.24) is 10.2 Å². The number of nitrogens with one attached hydrogen (secondary N) is 1. The van der Waals surface area contributed by atoms with Crippen LogP contribution in [0.2, 0.25) is 0 Å². The molecule has 1 aromatic carbocycles. The summed E-state index contributed by atoms with van der Waals surface area (Å²) in [6.07, 6.45) is 2.73. The van der Waals surface area contributed by atoms with E-state index in [4.69, 9.17) is 5.26 Å². The number of hydrogen-bond donors (Lipinski definition) is 1. The standard InChI is InChI=1S/C17H27N3/c1-3-20(4-2)17(16-11-7-5-8-12-16)15-19-14-10-6-9-13-18/h5,7-8,11-12,17,19H,3-4,6,9-10,14-15H2,1-2H3. The fraction of sp³-hybridized carbons (Fsp3) is 0.588. The molecule has 0 aliphatic carbocycles. The SMILES string of the molecule is CCN(CC)C(CNCCCCC#N)c1ccccc1. The van der Waals surface area contributed by atoms with Gasteiger partial charge in [-0.1, -0.05) is 44.2 Å². The molecule has 0 saturated heterocycles. The molecule has 1 N–H and O–H groups in total. The van der Waals surface area contributed by atoms with Gasteiger partial charge in [-0.15, -0.1) is 0 Å². The molecule has 3 heteroatoms. The van der Waals surface area contributed by atoms with Gasteiger partial charge in [-0.3, -0.25) is 4.90 Å². The third kappa shape index (κ3) is 5.73. The molecule has 0 aliphatic rings. The molecular formula is C17H27N3. The predicted octanol–water partition coefficient (Wildman–Crippen LogP) is 3.35. The Bertz CT molecular complexity index is 379. The highest BCUT2D eigenvalue weighted by Gasteiger charge is 2.16. The van der Waals surface area contributed by atoms with Gasteiger partial charge in [0.05, 0.1) is 6.07 Å². The Hall–Kier alpha value is -1.37. The van der Waals surface area contributed by atoms with Crippen molar-refractivity contribution in [2.45, 2.75) is 39.2 Å². The summed E-state index contributed by atoms with van der Waals surface area (Å²) < 4.78 is 0. The molecule has 3 nitrogen and oxygen atoms in total. The molecule has 1 rings (SSSR count). The highest BCUT2D eigenvalue weighted by Crippen LogP contribution is 2.19. The number of nitriles is 1. The van der Waals surface area contributed by atoms with Crippen LogP contribution in [0.25, 0.3) is 0 Å². The van der Waals surface area contributed by atoms with Gasteiger partial charge in [0, 0.05) is 19.0 Å². The second-order valence-electron chi connectivity index (χ2n) is 4.97. The van der Waals surface area contributed by atoms with Crippen LogP contribution >= 0.6 is 0 Å². The average Bonchev–Trinajstić information content (AvgIpc) is 2.50. The van der Waals surface area contributed by atoms with Gasteiger partial charge in [-0.2, -0.15) is 5.26 Å². The molecule has 0 saturated carbocycles. The normalized spacial score (nSPS) is 12.3. The summed E-state index contributed by atoms with van der Waals surface area (Å²) in [6, 6.07) is 13.3. The largest absolute Gasteiger partial charge is 0.315 e. The molecular weight excluding hydrogens is 246 g/mol. The molecule has 0 spiro atoms. The topological polar surface area (TPSA) is 39.1 Å². The zero-order chi connectivity index (χ0) is 14.6. The Balaban J connectivity index is 2.50. The number of rotatable bonds is 10. The van der Waals surface area contributed by atoms with Gasteiger partial charge in [0.15, 0.2) is 0 Å². The van der Waals surface area contributed by atoms with Crippen LogP contribution in [-0.2, 0) is 0 Å². The lowest BCUT2D eigenvalue weighted by Gasteiger charge is -2.30. The summed E-state index contributed by atoms with van der Waals surface area (Å²) in [5.41, 5.74) is 1.38. The lowest BCUT2D eigenvalue weighted by molar-refractivity contribution is 0.213. The van der Waals surface area contributed by atoms with Crippen LogP contribution in [0.1, 0.15) is 44.7 Å². The molecule has 0 aliphatic heterocycles. The van der Waals surface area contributed by atoms with E-state index >= 15 is 0 Å². The minimum absolute atomic E-state index is 0.433. The molecule has 110 valence electrons. The van der Waals surface area contributed by atoms with Crippen LogP contribution in [0, 0.1) is 11.3 Å². The van der Waals surface area contributed by atoms with Crippen molar-refractivity contribution in [3.63, 3.8) is 0 Å². The van der Waals surface area contributed by atoms with Gasteiger partial charge < -0.3 is 5.32 Å². The van der Waals surface area contributed by atoms with Crippen molar-refractivity contribution in [3.8, 4) is 6.07 Å². The van der Waals surface area contributed by atoms with Gasteiger partial charge in [0.25, 0.3) is 0 Å². The first-order chi connectivity index (χ1) is 9.83. The van der Waals surface area contributed by atoms with Crippen LogP contribution in [0.4, 0.5) is 0 Å². The second-order valence-corrected chi connectivity index (χ2v) is 4.97. The molecule has 1 unspecified atom stereocenters. The Labute approximate surface area is 123 Å². The van der Waals surface area contributed by atoms with Crippen molar-refractivity contribution in [1.29, 1.82) is 5.26 Å². The van der Waals surface area contributed by atoms with Crippen LogP contribution in [-0.4, -0.2) is 31.1 Å². The molecule has 1 aromatic rings. The molecule has 0 aromatic heterocycles. The minimum atomic E-state index is 0.433. The van der Waals surface area contributed by atoms with E-state index in [1.165, 1.54) is 5.56 Å². The van der Waals surface area contributed by atoms with Crippen molar-refractivity contribution in [2.24, 2.45) is 0 Å². The molecule has 0 fully saturated rings. The van der Waals surface area contributed by atoms with Gasteiger partial charge in [0.2, 0.25) is 0 Å². The lowest BCUT2D eigenvalue weighted by Crippen LogP contribution is -2.36. The molecule has 0 radical (unpaired) electrons. The van der Waals surface area contributed by atoms with Crippen LogP contribution in [0.3, 0.4) is 0 Å². The summed E-state index contributed by atoms with van der Waals surface area (Å²) in [4.78, 5) is 2.48. The Morgan fingerprint density at radius 3 is 2.45 bits per heavy atom. The number of benzene rings is 1. The summed E-state index contributed by atoms with van der Waals surface area (Å²) in [6.45, 7) is 8.52. The summed E-state index contributed by atoms with van der Waals surface area (Å²) in [7, 11) is 0. The Morgan fingerprint density at radius 1 is 1.15 bits per heavy atom. The summed E-state index contributed by atoms with van der Waals surface area (Å²) >= 11 is 0. The first kappa shape index (κ1) is 16.7. The fourth-order valence-electron chi connectivity index (χ4n) is 2.49. The molecule has 0 bridgehead atoms. The van der Waals surface area contributed by atoms with E-state index in [2.05, 4.69) is 60.5 Å². The van der Waals surface area contributed by atoms with E-state index in [1.807, 2.05) is 0 Å². The molecule has 20 heavy (non-hydrogen) atoms. The third-order valence-electron chi connectivity index (χ3n) is 3.67. The van der Waals surface area contributed by atoms with Crippen LogP contribution < -0.4 is 5.32 Å². The van der Waals surface area contributed by atoms with E-state index in [0.717, 1.165) is 39.0 Å². The first-order valence-corrected chi connectivity index (χ1v) is 7.70. The number of nitrogens with zero attached hydrogens (tertiary/aromatic N) is 2. The Morgan fingerprint density at radius 2 is 1.85 bits per heavy atom. The van der Waals surface area contributed by atoms with Gasteiger partial charge in [0.1, 0.15) is 0 Å². The Kier molecular flexibility index (Phi) is 8.69. The van der Waals surface area contributed by atoms with E-state index in [9.17, 15) is 0 Å². The maximum atomic E-state index is 8.52. The van der Waals surface area contributed by atoms with E-state index in [1.54, 1.807) is 0 Å². The minimum Gasteiger partial charge on any atom is -0.315 e. The first-order valence-electron chi connectivity index (χ1n) is 7.70. The highest BCUT2D eigenvalue weighted by atomic mass is 15.2. The highest BCUT2D eigenvalue weighted by molar-refractivity contribution is 5.19. The van der Waals surface area contributed by atoms with Crippen molar-refractivity contribution >= 4 is 0 Å². The quantitative estimate of drug-likeness (QED) is 0.664. The van der Waals surface area contributed by atoms with E-state index in [0.29, 0.717) is 12.5 Å². The summed E-state index contributed by atoms with van der Waals surface area (Å²) in [5, 5.41) is 12.1. The number of hydrogen-bond acceptors (Lipinski definition) is 3. The fourth-order valence-corrected chi connectivity index (χ4v) is 2.49. The third-order valence-corrected chi connectivity index (χ3v) is 3.67. The molecule has 1 atom stereocenters. The maximum Gasteiger partial charge on any atom is 0.0621 e. The van der Waals surface area contributed by atoms with Gasteiger partial charge >= 0.3 is 0 Å². The number of unbranched alkanes of at least 4 members (excludes halogenated alkanes) is 2. The number of likely N-dealkylation sites (N-methyl/N-ethyl adjacent to an activating group) is 1. The maximum absolute atomic E-state index is 8.52.